The number of nitrogens with one attached hydrogen (secondary N) is 2. The Morgan fingerprint density at radius 2 is 2.00 bits per heavy atom. The zero-order chi connectivity index (χ0) is 21.6. The lowest BCUT2D eigenvalue weighted by atomic mass is 10.0. The lowest BCUT2D eigenvalue weighted by Gasteiger charge is -2.23. The zero-order valence-electron chi connectivity index (χ0n) is 17.7. The summed E-state index contributed by atoms with van der Waals surface area (Å²) in [6, 6.07) is 11.2. The van der Waals surface area contributed by atoms with Gasteiger partial charge in [0, 0.05) is 7.05 Å². The lowest BCUT2D eigenvalue weighted by molar-refractivity contribution is 0.0385. The highest BCUT2D eigenvalue weighted by atomic mass is 16.5. The molecular formula is C21H28N6O3. The molecule has 9 nitrogen and oxygen atoms in total. The summed E-state index contributed by atoms with van der Waals surface area (Å²) in [5, 5.41) is 25.4. The van der Waals surface area contributed by atoms with E-state index in [0.717, 1.165) is 23.0 Å². The smallest absolute Gasteiger partial charge is 0.192 e. The van der Waals surface area contributed by atoms with Crippen LogP contribution in [0.3, 0.4) is 0 Å². The fraction of sp³-hybridized carbons (Fsp3) is 0.381. The van der Waals surface area contributed by atoms with Gasteiger partial charge in [-0.15, -0.1) is 10.2 Å². The second-order valence-electron chi connectivity index (χ2n) is 7.19. The monoisotopic (exact) mass is 412 g/mol. The van der Waals surface area contributed by atoms with Crippen molar-refractivity contribution >= 4 is 5.96 Å². The van der Waals surface area contributed by atoms with Gasteiger partial charge in [-0.05, 0) is 43.7 Å². The Morgan fingerprint density at radius 1 is 1.23 bits per heavy atom. The second kappa shape index (κ2) is 9.45. The van der Waals surface area contributed by atoms with Crippen LogP contribution in [0.25, 0.3) is 0 Å². The third-order valence-corrected chi connectivity index (χ3v) is 4.83. The van der Waals surface area contributed by atoms with Crippen molar-refractivity contribution in [1.82, 2.24) is 25.4 Å². The number of methoxy groups -OCH3 is 1. The van der Waals surface area contributed by atoms with Crippen LogP contribution in [-0.2, 0) is 25.7 Å². The first-order valence-corrected chi connectivity index (χ1v) is 9.65. The number of hydrogen-bond acceptors (Lipinski definition) is 6. The Hall–Kier alpha value is -3.33. The molecule has 3 rings (SSSR count). The molecule has 1 atom stereocenters. The van der Waals surface area contributed by atoms with E-state index in [1.165, 1.54) is 6.26 Å². The minimum Gasteiger partial charge on any atom is -0.497 e. The van der Waals surface area contributed by atoms with E-state index < -0.39 is 5.60 Å². The minimum atomic E-state index is -1.19. The molecule has 1 unspecified atom stereocenters. The summed E-state index contributed by atoms with van der Waals surface area (Å²) in [7, 11) is 3.55. The number of guanidine groups is 1. The van der Waals surface area contributed by atoms with E-state index in [-0.39, 0.29) is 6.54 Å². The highest BCUT2D eigenvalue weighted by molar-refractivity contribution is 5.79. The molecule has 0 aliphatic rings. The molecule has 0 saturated heterocycles. The summed E-state index contributed by atoms with van der Waals surface area (Å²) in [6.07, 6.45) is 1.54. The van der Waals surface area contributed by atoms with Gasteiger partial charge < -0.3 is 29.5 Å². The molecule has 0 aliphatic carbocycles. The average molecular weight is 412 g/mol. The second-order valence-corrected chi connectivity index (χ2v) is 7.19. The first-order valence-electron chi connectivity index (χ1n) is 9.65. The summed E-state index contributed by atoms with van der Waals surface area (Å²) in [5.74, 6) is 3.43. The predicted octanol–water partition coefficient (Wildman–Crippen LogP) is 1.87. The Labute approximate surface area is 175 Å². The largest absolute Gasteiger partial charge is 0.497 e. The molecule has 0 amide bonds. The highest BCUT2D eigenvalue weighted by Crippen LogP contribution is 2.19. The SMILES string of the molecule is COc1ccc(CN=C(NCc2nnc(C)n2C)NCC(C)(O)c2ccco2)cc1. The molecule has 0 fully saturated rings. The van der Waals surface area contributed by atoms with E-state index in [1.807, 2.05) is 42.8 Å². The number of aromatic nitrogens is 3. The predicted molar refractivity (Wildman–Crippen MR) is 113 cm³/mol. The number of nitrogens with zero attached hydrogens (tertiary/aromatic N) is 4. The molecule has 0 aliphatic heterocycles. The molecule has 1 aromatic carbocycles. The van der Waals surface area contributed by atoms with Crippen LogP contribution in [-0.4, -0.2) is 39.5 Å². The van der Waals surface area contributed by atoms with Crippen molar-refractivity contribution in [1.29, 1.82) is 0 Å². The number of hydrogen-bond donors (Lipinski definition) is 3. The van der Waals surface area contributed by atoms with Gasteiger partial charge in [0.15, 0.2) is 11.8 Å². The van der Waals surface area contributed by atoms with Crippen molar-refractivity contribution in [3.05, 3.63) is 65.6 Å². The van der Waals surface area contributed by atoms with Gasteiger partial charge in [0.1, 0.15) is 22.9 Å². The third kappa shape index (κ3) is 5.38. The summed E-state index contributed by atoms with van der Waals surface area (Å²) in [6.45, 7) is 4.70. The topological polar surface area (TPSA) is 110 Å². The van der Waals surface area contributed by atoms with Crippen molar-refractivity contribution in [2.75, 3.05) is 13.7 Å². The molecular weight excluding hydrogens is 384 g/mol. The van der Waals surface area contributed by atoms with Crippen molar-refractivity contribution < 1.29 is 14.3 Å². The van der Waals surface area contributed by atoms with Gasteiger partial charge in [-0.3, -0.25) is 0 Å². The molecule has 2 heterocycles. The summed E-state index contributed by atoms with van der Waals surface area (Å²) in [5.41, 5.74) is -0.155. The van der Waals surface area contributed by atoms with E-state index in [4.69, 9.17) is 9.15 Å². The molecule has 3 aromatic rings. The van der Waals surface area contributed by atoms with E-state index in [9.17, 15) is 5.11 Å². The number of ether oxygens (including phenoxy) is 1. The quantitative estimate of drug-likeness (QED) is 0.383. The molecule has 160 valence electrons. The molecule has 0 spiro atoms. The molecule has 3 N–H and O–H groups in total. The van der Waals surface area contributed by atoms with Gasteiger partial charge in [0.2, 0.25) is 0 Å². The Bertz CT molecular complexity index is 961. The maximum atomic E-state index is 10.7. The van der Waals surface area contributed by atoms with E-state index in [2.05, 4.69) is 25.8 Å². The fourth-order valence-electron chi connectivity index (χ4n) is 2.77. The van der Waals surface area contributed by atoms with Crippen LogP contribution in [0.15, 0.2) is 52.1 Å². The molecule has 0 radical (unpaired) electrons. The van der Waals surface area contributed by atoms with Crippen molar-refractivity contribution in [3.8, 4) is 5.75 Å². The lowest BCUT2D eigenvalue weighted by Crippen LogP contribution is -2.44. The number of furan rings is 1. The van der Waals surface area contributed by atoms with Gasteiger partial charge in [0.25, 0.3) is 0 Å². The molecule has 30 heavy (non-hydrogen) atoms. The maximum absolute atomic E-state index is 10.7. The van der Waals surface area contributed by atoms with Crippen LogP contribution in [0.5, 0.6) is 5.75 Å². The molecule has 9 heteroatoms. The Kier molecular flexibility index (Phi) is 6.73. The van der Waals surface area contributed by atoms with Gasteiger partial charge in [-0.2, -0.15) is 0 Å². The van der Waals surface area contributed by atoms with Crippen LogP contribution in [0, 0.1) is 6.92 Å². The van der Waals surface area contributed by atoms with Crippen LogP contribution < -0.4 is 15.4 Å². The zero-order valence-corrected chi connectivity index (χ0v) is 17.7. The number of aryl methyl sites for hydroxylation is 1. The van der Waals surface area contributed by atoms with Gasteiger partial charge in [-0.25, -0.2) is 4.99 Å². The van der Waals surface area contributed by atoms with Gasteiger partial charge in [-0.1, -0.05) is 12.1 Å². The number of aliphatic hydroxyl groups is 1. The van der Waals surface area contributed by atoms with Crippen molar-refractivity contribution in [2.24, 2.45) is 12.0 Å². The average Bonchev–Trinajstić information content (AvgIpc) is 3.40. The van der Waals surface area contributed by atoms with Crippen LogP contribution in [0.2, 0.25) is 0 Å². The van der Waals surface area contributed by atoms with E-state index in [1.54, 1.807) is 26.2 Å². The fourth-order valence-corrected chi connectivity index (χ4v) is 2.77. The number of benzene rings is 1. The highest BCUT2D eigenvalue weighted by Gasteiger charge is 2.26. The summed E-state index contributed by atoms with van der Waals surface area (Å²) in [4.78, 5) is 4.64. The van der Waals surface area contributed by atoms with Crippen LogP contribution in [0.1, 0.15) is 29.9 Å². The van der Waals surface area contributed by atoms with Crippen molar-refractivity contribution in [3.63, 3.8) is 0 Å². The normalized spacial score (nSPS) is 13.7. The Morgan fingerprint density at radius 3 is 2.60 bits per heavy atom. The van der Waals surface area contributed by atoms with Crippen LogP contribution >= 0.6 is 0 Å². The minimum absolute atomic E-state index is 0.215. The Balaban J connectivity index is 1.70. The first kappa shape index (κ1) is 21.4. The summed E-state index contributed by atoms with van der Waals surface area (Å²) >= 11 is 0. The number of rotatable bonds is 8. The van der Waals surface area contributed by atoms with Gasteiger partial charge >= 0.3 is 0 Å². The molecule has 0 saturated carbocycles. The standard InChI is InChI=1S/C21H28N6O3/c1-15-25-26-19(27(15)3)13-23-20(22-12-16-7-9-17(29-4)10-8-16)24-14-21(2,28)18-6-5-11-30-18/h5-11,28H,12-14H2,1-4H3,(H2,22,23,24). The van der Waals surface area contributed by atoms with E-state index >= 15 is 0 Å². The number of aliphatic imine (C=N–C) groups is 1. The van der Waals surface area contributed by atoms with Gasteiger partial charge in [0.05, 0.1) is 33.0 Å². The van der Waals surface area contributed by atoms with Crippen molar-refractivity contribution in [2.45, 2.75) is 32.5 Å². The van der Waals surface area contributed by atoms with E-state index in [0.29, 0.717) is 24.8 Å². The third-order valence-electron chi connectivity index (χ3n) is 4.83. The first-order chi connectivity index (χ1) is 14.4. The summed E-state index contributed by atoms with van der Waals surface area (Å²) < 4.78 is 12.5. The van der Waals surface area contributed by atoms with Crippen LogP contribution in [0.4, 0.5) is 0 Å². The maximum Gasteiger partial charge on any atom is 0.192 e. The molecule has 2 aromatic heterocycles. The molecule has 0 bridgehead atoms.